The lowest BCUT2D eigenvalue weighted by atomic mass is 10.0. The Morgan fingerprint density at radius 1 is 0.833 bits per heavy atom. The minimum atomic E-state index is 0.761. The molecule has 94 valence electrons. The Hall–Kier alpha value is -1.48. The molecule has 0 aliphatic carbocycles. The van der Waals surface area contributed by atoms with Crippen LogP contribution in [-0.4, -0.2) is 14.2 Å². The fourth-order valence-corrected chi connectivity index (χ4v) is 2.09. The van der Waals surface area contributed by atoms with Crippen molar-refractivity contribution in [2.45, 2.75) is 6.42 Å². The number of halogens is 1. The fraction of sp³-hybridized carbons (Fsp3) is 0.200. The van der Waals surface area contributed by atoms with Crippen molar-refractivity contribution in [1.29, 1.82) is 0 Å². The van der Waals surface area contributed by atoms with Crippen molar-refractivity contribution in [3.8, 4) is 11.5 Å². The molecule has 2 aromatic carbocycles. The Bertz CT molecular complexity index is 521. The second-order valence-electron chi connectivity index (χ2n) is 3.99. The van der Waals surface area contributed by atoms with E-state index in [2.05, 4.69) is 46.3 Å². The van der Waals surface area contributed by atoms with Crippen LogP contribution in [0.2, 0.25) is 0 Å². The Labute approximate surface area is 116 Å². The van der Waals surface area contributed by atoms with Crippen LogP contribution in [-0.2, 0) is 6.42 Å². The minimum absolute atomic E-state index is 0.761. The van der Waals surface area contributed by atoms with Crippen LogP contribution in [0.1, 0.15) is 11.1 Å². The van der Waals surface area contributed by atoms with Crippen molar-refractivity contribution in [2.75, 3.05) is 14.2 Å². The van der Waals surface area contributed by atoms with Gasteiger partial charge in [0.15, 0.2) is 11.5 Å². The number of rotatable bonds is 4. The summed E-state index contributed by atoms with van der Waals surface area (Å²) in [6.07, 6.45) is 0.883. The number of hydrogen-bond donors (Lipinski definition) is 0. The van der Waals surface area contributed by atoms with Crippen LogP contribution in [0.15, 0.2) is 46.9 Å². The second-order valence-corrected chi connectivity index (χ2v) is 4.91. The molecule has 0 atom stereocenters. The summed E-state index contributed by atoms with van der Waals surface area (Å²) >= 11 is 3.44. The standard InChI is InChI=1S/C15H15BrO2/c1-17-14-8-5-12(10-15(14)18-2)9-11-3-6-13(16)7-4-11/h3-8,10H,9H2,1-2H3. The highest BCUT2D eigenvalue weighted by molar-refractivity contribution is 9.10. The predicted octanol–water partition coefficient (Wildman–Crippen LogP) is 4.06. The zero-order valence-electron chi connectivity index (χ0n) is 10.4. The van der Waals surface area contributed by atoms with Gasteiger partial charge in [-0.15, -0.1) is 0 Å². The van der Waals surface area contributed by atoms with Gasteiger partial charge >= 0.3 is 0 Å². The monoisotopic (exact) mass is 306 g/mol. The average Bonchev–Trinajstić information content (AvgIpc) is 2.41. The smallest absolute Gasteiger partial charge is 0.160 e. The molecule has 3 heteroatoms. The van der Waals surface area contributed by atoms with Crippen LogP contribution in [0.25, 0.3) is 0 Å². The molecule has 18 heavy (non-hydrogen) atoms. The first-order chi connectivity index (χ1) is 8.72. The molecular weight excluding hydrogens is 292 g/mol. The summed E-state index contributed by atoms with van der Waals surface area (Å²) < 4.78 is 11.6. The number of methoxy groups -OCH3 is 2. The number of hydrogen-bond acceptors (Lipinski definition) is 2. The predicted molar refractivity (Wildman–Crippen MR) is 76.5 cm³/mol. The van der Waals surface area contributed by atoms with Crippen molar-refractivity contribution >= 4 is 15.9 Å². The Balaban J connectivity index is 2.21. The Morgan fingerprint density at radius 2 is 1.44 bits per heavy atom. The van der Waals surface area contributed by atoms with E-state index in [1.54, 1.807) is 14.2 Å². The van der Waals surface area contributed by atoms with Gasteiger partial charge in [-0.3, -0.25) is 0 Å². The molecule has 0 aliphatic rings. The molecule has 2 aromatic rings. The maximum absolute atomic E-state index is 5.30. The average molecular weight is 307 g/mol. The third kappa shape index (κ3) is 3.05. The summed E-state index contributed by atoms with van der Waals surface area (Å²) in [4.78, 5) is 0. The van der Waals surface area contributed by atoms with Gasteiger partial charge in [0.25, 0.3) is 0 Å². The zero-order chi connectivity index (χ0) is 13.0. The first kappa shape index (κ1) is 13.0. The zero-order valence-corrected chi connectivity index (χ0v) is 12.0. The van der Waals surface area contributed by atoms with Crippen molar-refractivity contribution in [1.82, 2.24) is 0 Å². The topological polar surface area (TPSA) is 18.5 Å². The molecule has 0 fully saturated rings. The van der Waals surface area contributed by atoms with Gasteiger partial charge in [0.05, 0.1) is 14.2 Å². The molecule has 0 radical (unpaired) electrons. The molecule has 0 bridgehead atoms. The van der Waals surface area contributed by atoms with E-state index < -0.39 is 0 Å². The molecule has 2 nitrogen and oxygen atoms in total. The lowest BCUT2D eigenvalue weighted by Crippen LogP contribution is -1.93. The van der Waals surface area contributed by atoms with E-state index in [0.29, 0.717) is 0 Å². The third-order valence-electron chi connectivity index (χ3n) is 2.77. The minimum Gasteiger partial charge on any atom is -0.493 e. The van der Waals surface area contributed by atoms with Crippen LogP contribution >= 0.6 is 15.9 Å². The van der Waals surface area contributed by atoms with Crippen LogP contribution < -0.4 is 9.47 Å². The quantitative estimate of drug-likeness (QED) is 0.848. The highest BCUT2D eigenvalue weighted by Crippen LogP contribution is 2.28. The summed E-state index contributed by atoms with van der Waals surface area (Å²) in [6, 6.07) is 14.3. The van der Waals surface area contributed by atoms with Crippen molar-refractivity contribution in [3.05, 3.63) is 58.1 Å². The lowest BCUT2D eigenvalue weighted by molar-refractivity contribution is 0.354. The van der Waals surface area contributed by atoms with Gasteiger partial charge in [0, 0.05) is 4.47 Å². The molecule has 0 N–H and O–H groups in total. The van der Waals surface area contributed by atoms with Crippen molar-refractivity contribution < 1.29 is 9.47 Å². The van der Waals surface area contributed by atoms with E-state index in [1.807, 2.05) is 12.1 Å². The molecule has 0 heterocycles. The maximum atomic E-state index is 5.30. The van der Waals surface area contributed by atoms with Gasteiger partial charge in [0.1, 0.15) is 0 Å². The summed E-state index contributed by atoms with van der Waals surface area (Å²) in [5.74, 6) is 1.53. The SMILES string of the molecule is COc1ccc(Cc2ccc(Br)cc2)cc1OC. The summed E-state index contributed by atoms with van der Waals surface area (Å²) in [5, 5.41) is 0. The molecular formula is C15H15BrO2. The largest absolute Gasteiger partial charge is 0.493 e. The molecule has 2 rings (SSSR count). The maximum Gasteiger partial charge on any atom is 0.160 e. The molecule has 0 unspecified atom stereocenters. The highest BCUT2D eigenvalue weighted by atomic mass is 79.9. The van der Waals surface area contributed by atoms with Gasteiger partial charge in [-0.2, -0.15) is 0 Å². The van der Waals surface area contributed by atoms with Crippen LogP contribution in [0.5, 0.6) is 11.5 Å². The van der Waals surface area contributed by atoms with Gasteiger partial charge in [-0.05, 0) is 41.8 Å². The van der Waals surface area contributed by atoms with Crippen LogP contribution in [0.4, 0.5) is 0 Å². The van der Waals surface area contributed by atoms with Gasteiger partial charge in [-0.25, -0.2) is 0 Å². The summed E-state index contributed by atoms with van der Waals surface area (Å²) in [6.45, 7) is 0. The highest BCUT2D eigenvalue weighted by Gasteiger charge is 2.05. The lowest BCUT2D eigenvalue weighted by Gasteiger charge is -2.09. The van der Waals surface area contributed by atoms with Crippen LogP contribution in [0, 0.1) is 0 Å². The van der Waals surface area contributed by atoms with Gasteiger partial charge in [0.2, 0.25) is 0 Å². The second kappa shape index (κ2) is 5.91. The molecule has 0 saturated carbocycles. The van der Waals surface area contributed by atoms with Crippen LogP contribution in [0.3, 0.4) is 0 Å². The first-order valence-corrected chi connectivity index (χ1v) is 6.47. The van der Waals surface area contributed by atoms with E-state index in [-0.39, 0.29) is 0 Å². The fourth-order valence-electron chi connectivity index (χ4n) is 1.83. The van der Waals surface area contributed by atoms with Gasteiger partial charge in [-0.1, -0.05) is 34.1 Å². The summed E-state index contributed by atoms with van der Waals surface area (Å²) in [7, 11) is 3.30. The van der Waals surface area contributed by atoms with E-state index in [4.69, 9.17) is 9.47 Å². The van der Waals surface area contributed by atoms with Crippen molar-refractivity contribution in [2.24, 2.45) is 0 Å². The molecule has 0 saturated heterocycles. The molecule has 0 amide bonds. The molecule has 0 aliphatic heterocycles. The third-order valence-corrected chi connectivity index (χ3v) is 3.30. The van der Waals surface area contributed by atoms with Gasteiger partial charge < -0.3 is 9.47 Å². The molecule has 0 aromatic heterocycles. The van der Waals surface area contributed by atoms with E-state index in [1.165, 1.54) is 11.1 Å². The van der Waals surface area contributed by atoms with E-state index in [9.17, 15) is 0 Å². The van der Waals surface area contributed by atoms with Crippen molar-refractivity contribution in [3.63, 3.8) is 0 Å². The Morgan fingerprint density at radius 3 is 2.06 bits per heavy atom. The number of ether oxygens (including phenoxy) is 2. The first-order valence-electron chi connectivity index (χ1n) is 5.68. The Kier molecular flexibility index (Phi) is 4.26. The molecule has 0 spiro atoms. The summed E-state index contributed by atoms with van der Waals surface area (Å²) in [5.41, 5.74) is 2.47. The van der Waals surface area contributed by atoms with E-state index >= 15 is 0 Å². The van der Waals surface area contributed by atoms with E-state index in [0.717, 1.165) is 22.4 Å². The number of benzene rings is 2. The normalized spacial score (nSPS) is 10.2.